The number of fused-ring (bicyclic) bond motifs is 1. The standard InChI is InChI=1S/C15H10BrN3O2/c16-11-5-6-12(10-4-2-1-3-9(10)11)17-14-8-7-13(15(20)21)18-19-14/h1-8H,(H,17,19)(H,20,21). The average Bonchev–Trinajstić information content (AvgIpc) is 2.51. The maximum absolute atomic E-state index is 10.8. The fourth-order valence-electron chi connectivity index (χ4n) is 2.02. The van der Waals surface area contributed by atoms with Crippen molar-refractivity contribution in [3.05, 3.63) is 58.7 Å². The molecule has 3 rings (SSSR count). The molecule has 6 heteroatoms. The van der Waals surface area contributed by atoms with Crippen LogP contribution in [0.4, 0.5) is 11.5 Å². The number of aromatic carboxylic acids is 1. The predicted octanol–water partition coefficient (Wildman–Crippen LogP) is 3.83. The number of carbonyl (C=O) groups is 1. The second kappa shape index (κ2) is 5.49. The third kappa shape index (κ3) is 2.71. The van der Waals surface area contributed by atoms with E-state index in [9.17, 15) is 4.79 Å². The normalized spacial score (nSPS) is 10.5. The number of nitrogens with zero attached hydrogens (tertiary/aromatic N) is 2. The summed E-state index contributed by atoms with van der Waals surface area (Å²) in [7, 11) is 0. The monoisotopic (exact) mass is 343 g/mol. The second-order valence-corrected chi connectivity index (χ2v) is 5.23. The van der Waals surface area contributed by atoms with E-state index in [1.54, 1.807) is 6.07 Å². The molecular formula is C15H10BrN3O2. The van der Waals surface area contributed by atoms with Gasteiger partial charge in [0.05, 0.1) is 0 Å². The zero-order valence-corrected chi connectivity index (χ0v) is 12.3. The highest BCUT2D eigenvalue weighted by Crippen LogP contribution is 2.31. The molecule has 1 heterocycles. The molecule has 21 heavy (non-hydrogen) atoms. The number of anilines is 2. The summed E-state index contributed by atoms with van der Waals surface area (Å²) >= 11 is 3.52. The Morgan fingerprint density at radius 2 is 1.76 bits per heavy atom. The number of halogens is 1. The van der Waals surface area contributed by atoms with E-state index in [1.807, 2.05) is 36.4 Å². The maximum Gasteiger partial charge on any atom is 0.356 e. The first-order valence-electron chi connectivity index (χ1n) is 6.16. The van der Waals surface area contributed by atoms with Crippen LogP contribution in [-0.2, 0) is 0 Å². The minimum atomic E-state index is -1.09. The lowest BCUT2D eigenvalue weighted by Crippen LogP contribution is -2.03. The number of aromatic nitrogens is 2. The van der Waals surface area contributed by atoms with Crippen LogP contribution in [0, 0.1) is 0 Å². The molecular weight excluding hydrogens is 334 g/mol. The summed E-state index contributed by atoms with van der Waals surface area (Å²) in [6, 6.07) is 14.8. The molecule has 2 aromatic carbocycles. The summed E-state index contributed by atoms with van der Waals surface area (Å²) in [6.45, 7) is 0. The molecule has 0 aliphatic carbocycles. The third-order valence-electron chi connectivity index (χ3n) is 3.02. The number of hydrogen-bond acceptors (Lipinski definition) is 4. The summed E-state index contributed by atoms with van der Waals surface area (Å²) < 4.78 is 1.01. The molecule has 0 atom stereocenters. The molecule has 0 saturated carbocycles. The molecule has 0 saturated heterocycles. The molecule has 5 nitrogen and oxygen atoms in total. The Morgan fingerprint density at radius 1 is 1.00 bits per heavy atom. The van der Waals surface area contributed by atoms with Gasteiger partial charge < -0.3 is 10.4 Å². The number of hydrogen-bond donors (Lipinski definition) is 2. The van der Waals surface area contributed by atoms with Gasteiger partial charge in [-0.3, -0.25) is 0 Å². The highest BCUT2D eigenvalue weighted by molar-refractivity contribution is 9.10. The first kappa shape index (κ1) is 13.5. The van der Waals surface area contributed by atoms with Crippen LogP contribution in [0.1, 0.15) is 10.5 Å². The van der Waals surface area contributed by atoms with Gasteiger partial charge in [0, 0.05) is 15.5 Å². The van der Waals surface area contributed by atoms with E-state index >= 15 is 0 Å². The first-order valence-corrected chi connectivity index (χ1v) is 6.96. The first-order chi connectivity index (χ1) is 10.1. The molecule has 3 aromatic rings. The average molecular weight is 344 g/mol. The second-order valence-electron chi connectivity index (χ2n) is 4.37. The van der Waals surface area contributed by atoms with E-state index in [0.29, 0.717) is 5.82 Å². The van der Waals surface area contributed by atoms with Crippen LogP contribution in [0.3, 0.4) is 0 Å². The molecule has 0 aliphatic rings. The van der Waals surface area contributed by atoms with E-state index in [4.69, 9.17) is 5.11 Å². The predicted molar refractivity (Wildman–Crippen MR) is 83.9 cm³/mol. The van der Waals surface area contributed by atoms with Gasteiger partial charge in [-0.15, -0.1) is 10.2 Å². The van der Waals surface area contributed by atoms with Crippen LogP contribution in [0.15, 0.2) is 53.0 Å². The van der Waals surface area contributed by atoms with E-state index in [2.05, 4.69) is 31.4 Å². The minimum absolute atomic E-state index is 0.0822. The summed E-state index contributed by atoms with van der Waals surface area (Å²) in [4.78, 5) is 10.8. The maximum atomic E-state index is 10.8. The van der Waals surface area contributed by atoms with Gasteiger partial charge in [0.15, 0.2) is 11.5 Å². The van der Waals surface area contributed by atoms with Crippen LogP contribution in [-0.4, -0.2) is 21.3 Å². The number of benzene rings is 2. The van der Waals surface area contributed by atoms with Crippen molar-refractivity contribution in [2.24, 2.45) is 0 Å². The molecule has 1 aromatic heterocycles. The third-order valence-corrected chi connectivity index (χ3v) is 3.71. The number of rotatable bonds is 3. The minimum Gasteiger partial charge on any atom is -0.476 e. The Balaban J connectivity index is 1.98. The Labute approximate surface area is 128 Å². The van der Waals surface area contributed by atoms with Crippen molar-refractivity contribution in [1.29, 1.82) is 0 Å². The van der Waals surface area contributed by atoms with Gasteiger partial charge in [-0.25, -0.2) is 4.79 Å². The van der Waals surface area contributed by atoms with Gasteiger partial charge in [-0.05, 0) is 29.7 Å². The van der Waals surface area contributed by atoms with E-state index in [1.165, 1.54) is 6.07 Å². The smallest absolute Gasteiger partial charge is 0.356 e. The molecule has 0 fully saturated rings. The molecule has 0 radical (unpaired) electrons. The van der Waals surface area contributed by atoms with E-state index < -0.39 is 5.97 Å². The molecule has 104 valence electrons. The van der Waals surface area contributed by atoms with Gasteiger partial charge in [-0.1, -0.05) is 40.2 Å². The van der Waals surface area contributed by atoms with Crippen LogP contribution in [0.25, 0.3) is 10.8 Å². The Morgan fingerprint density at radius 3 is 2.43 bits per heavy atom. The topological polar surface area (TPSA) is 75.1 Å². The molecule has 0 bridgehead atoms. The molecule has 0 spiro atoms. The van der Waals surface area contributed by atoms with Gasteiger partial charge in [0.1, 0.15) is 0 Å². The van der Waals surface area contributed by atoms with Crippen LogP contribution >= 0.6 is 15.9 Å². The lowest BCUT2D eigenvalue weighted by atomic mass is 10.1. The van der Waals surface area contributed by atoms with Gasteiger partial charge in [0.25, 0.3) is 0 Å². The zero-order chi connectivity index (χ0) is 14.8. The Kier molecular flexibility index (Phi) is 3.53. The SMILES string of the molecule is O=C(O)c1ccc(Nc2ccc(Br)c3ccccc23)nn1. The van der Waals surface area contributed by atoms with Crippen molar-refractivity contribution < 1.29 is 9.90 Å². The van der Waals surface area contributed by atoms with Crippen LogP contribution < -0.4 is 5.32 Å². The lowest BCUT2D eigenvalue weighted by Gasteiger charge is -2.10. The van der Waals surface area contributed by atoms with Crippen molar-refractivity contribution in [2.75, 3.05) is 5.32 Å². The fraction of sp³-hybridized carbons (Fsp3) is 0. The van der Waals surface area contributed by atoms with Crippen LogP contribution in [0.2, 0.25) is 0 Å². The molecule has 2 N–H and O–H groups in total. The fourth-order valence-corrected chi connectivity index (χ4v) is 2.50. The quantitative estimate of drug-likeness (QED) is 0.755. The number of carboxylic acid groups (broad SMARTS) is 1. The van der Waals surface area contributed by atoms with Crippen molar-refractivity contribution in [3.63, 3.8) is 0 Å². The lowest BCUT2D eigenvalue weighted by molar-refractivity contribution is 0.0689. The summed E-state index contributed by atoms with van der Waals surface area (Å²) in [5, 5.41) is 21.6. The largest absolute Gasteiger partial charge is 0.476 e. The summed E-state index contributed by atoms with van der Waals surface area (Å²) in [6.07, 6.45) is 0. The Hall–Kier alpha value is -2.47. The van der Waals surface area contributed by atoms with Gasteiger partial charge in [0.2, 0.25) is 0 Å². The van der Waals surface area contributed by atoms with Crippen LogP contribution in [0.5, 0.6) is 0 Å². The zero-order valence-electron chi connectivity index (χ0n) is 10.7. The highest BCUT2D eigenvalue weighted by atomic mass is 79.9. The van der Waals surface area contributed by atoms with Gasteiger partial charge in [-0.2, -0.15) is 0 Å². The van der Waals surface area contributed by atoms with Crippen molar-refractivity contribution in [1.82, 2.24) is 10.2 Å². The van der Waals surface area contributed by atoms with Crippen molar-refractivity contribution >= 4 is 44.2 Å². The van der Waals surface area contributed by atoms with E-state index in [0.717, 1.165) is 20.9 Å². The summed E-state index contributed by atoms with van der Waals surface area (Å²) in [5.74, 6) is -0.601. The molecule has 0 aliphatic heterocycles. The van der Waals surface area contributed by atoms with Crippen molar-refractivity contribution in [3.8, 4) is 0 Å². The number of nitrogens with one attached hydrogen (secondary N) is 1. The highest BCUT2D eigenvalue weighted by Gasteiger charge is 2.07. The Bertz CT molecular complexity index is 819. The summed E-state index contributed by atoms with van der Waals surface area (Å²) in [5.41, 5.74) is 0.799. The number of carboxylic acids is 1. The van der Waals surface area contributed by atoms with Crippen molar-refractivity contribution in [2.45, 2.75) is 0 Å². The van der Waals surface area contributed by atoms with E-state index in [-0.39, 0.29) is 5.69 Å². The molecule has 0 unspecified atom stereocenters. The molecule has 0 amide bonds. The van der Waals surface area contributed by atoms with Gasteiger partial charge >= 0.3 is 5.97 Å².